The van der Waals surface area contributed by atoms with Crippen LogP contribution in [0, 0.1) is 0 Å². The van der Waals surface area contributed by atoms with Gasteiger partial charge < -0.3 is 19.3 Å². The monoisotopic (exact) mass is 302 g/mol. The average molecular weight is 302 g/mol. The normalized spacial score (nSPS) is 10.0. The van der Waals surface area contributed by atoms with E-state index < -0.39 is 5.97 Å². The highest BCUT2D eigenvalue weighted by molar-refractivity contribution is 5.87. The number of ether oxygens (including phenoxy) is 3. The number of rotatable bonds is 8. The quantitative estimate of drug-likeness (QED) is 0.758. The Morgan fingerprint density at radius 3 is 2.09 bits per heavy atom. The van der Waals surface area contributed by atoms with Gasteiger partial charge in [-0.25, -0.2) is 4.79 Å². The molecule has 0 aliphatic rings. The molecular formula is C17H18O5. The lowest BCUT2D eigenvalue weighted by Crippen LogP contribution is -2.10. The maximum absolute atomic E-state index is 10.7. The predicted molar refractivity (Wildman–Crippen MR) is 82.0 cm³/mol. The smallest absolute Gasteiger partial charge is 0.335 e. The number of carbonyl (C=O) groups is 1. The van der Waals surface area contributed by atoms with Crippen LogP contribution in [0.15, 0.2) is 48.5 Å². The lowest BCUT2D eigenvalue weighted by Gasteiger charge is -2.12. The minimum absolute atomic E-state index is 0.231. The van der Waals surface area contributed by atoms with Crippen LogP contribution in [0.3, 0.4) is 0 Å². The highest BCUT2D eigenvalue weighted by Gasteiger charge is 2.04. The van der Waals surface area contributed by atoms with Gasteiger partial charge in [0.2, 0.25) is 0 Å². The number of hydrogen-bond acceptors (Lipinski definition) is 4. The molecule has 0 saturated heterocycles. The van der Waals surface area contributed by atoms with Crippen LogP contribution in [0.5, 0.6) is 17.2 Å². The third kappa shape index (κ3) is 4.41. The zero-order valence-electron chi connectivity index (χ0n) is 12.3. The molecule has 0 aliphatic heterocycles. The molecule has 0 spiro atoms. The Labute approximate surface area is 129 Å². The van der Waals surface area contributed by atoms with Crippen molar-refractivity contribution in [3.63, 3.8) is 0 Å². The van der Waals surface area contributed by atoms with Crippen LogP contribution in [0.25, 0.3) is 0 Å². The lowest BCUT2D eigenvalue weighted by atomic mass is 10.2. The molecule has 116 valence electrons. The molecular weight excluding hydrogens is 284 g/mol. The molecule has 1 N–H and O–H groups in total. The summed E-state index contributed by atoms with van der Waals surface area (Å²) in [5.74, 6) is 1.03. The minimum atomic E-state index is -0.956. The van der Waals surface area contributed by atoms with Crippen LogP contribution in [0.4, 0.5) is 0 Å². The number of aromatic carboxylic acids is 1. The predicted octanol–water partition coefficient (Wildman–Crippen LogP) is 3.24. The second kappa shape index (κ2) is 7.93. The summed E-state index contributed by atoms with van der Waals surface area (Å²) in [6.07, 6.45) is 0. The van der Waals surface area contributed by atoms with Gasteiger partial charge >= 0.3 is 5.97 Å². The number of carboxylic acid groups (broad SMARTS) is 1. The molecule has 0 heterocycles. The molecule has 0 aromatic heterocycles. The Kier molecular flexibility index (Phi) is 5.65. The Balaban J connectivity index is 1.81. The third-order valence-electron chi connectivity index (χ3n) is 2.86. The molecule has 2 aromatic rings. The van der Waals surface area contributed by atoms with E-state index in [0.29, 0.717) is 37.1 Å². The third-order valence-corrected chi connectivity index (χ3v) is 2.86. The van der Waals surface area contributed by atoms with Crippen molar-refractivity contribution in [2.75, 3.05) is 19.8 Å². The number of hydrogen-bond donors (Lipinski definition) is 1. The zero-order chi connectivity index (χ0) is 15.8. The molecule has 5 heteroatoms. The Hall–Kier alpha value is -2.69. The largest absolute Gasteiger partial charge is 0.490 e. The van der Waals surface area contributed by atoms with Gasteiger partial charge in [0.05, 0.1) is 12.2 Å². The molecule has 5 nitrogen and oxygen atoms in total. The van der Waals surface area contributed by atoms with Crippen LogP contribution in [0.1, 0.15) is 17.3 Å². The summed E-state index contributed by atoms with van der Waals surface area (Å²) >= 11 is 0. The minimum Gasteiger partial charge on any atom is -0.490 e. The van der Waals surface area contributed by atoms with Crippen molar-refractivity contribution < 1.29 is 24.1 Å². The van der Waals surface area contributed by atoms with Crippen molar-refractivity contribution in [1.82, 2.24) is 0 Å². The fraction of sp³-hybridized carbons (Fsp3) is 0.235. The molecule has 0 bridgehead atoms. The van der Waals surface area contributed by atoms with Gasteiger partial charge in [-0.1, -0.05) is 12.1 Å². The van der Waals surface area contributed by atoms with Crippen molar-refractivity contribution in [2.24, 2.45) is 0 Å². The van der Waals surface area contributed by atoms with E-state index in [2.05, 4.69) is 0 Å². The summed E-state index contributed by atoms with van der Waals surface area (Å²) in [7, 11) is 0. The summed E-state index contributed by atoms with van der Waals surface area (Å²) in [5, 5.41) is 8.81. The van der Waals surface area contributed by atoms with E-state index in [0.717, 1.165) is 0 Å². The van der Waals surface area contributed by atoms with Gasteiger partial charge in [-0.15, -0.1) is 0 Å². The zero-order valence-corrected chi connectivity index (χ0v) is 12.3. The fourth-order valence-electron chi connectivity index (χ4n) is 1.85. The molecule has 22 heavy (non-hydrogen) atoms. The molecule has 2 rings (SSSR count). The van der Waals surface area contributed by atoms with E-state index in [-0.39, 0.29) is 5.56 Å². The molecule has 0 amide bonds. The second-order valence-electron chi connectivity index (χ2n) is 4.41. The number of benzene rings is 2. The topological polar surface area (TPSA) is 65.0 Å². The first-order valence-electron chi connectivity index (χ1n) is 7.01. The summed E-state index contributed by atoms with van der Waals surface area (Å²) in [6.45, 7) is 3.21. The first-order chi connectivity index (χ1) is 10.7. The van der Waals surface area contributed by atoms with Crippen molar-refractivity contribution >= 4 is 5.97 Å². The van der Waals surface area contributed by atoms with Crippen molar-refractivity contribution in [2.45, 2.75) is 6.92 Å². The summed E-state index contributed by atoms with van der Waals surface area (Å²) in [4.78, 5) is 10.7. The van der Waals surface area contributed by atoms with Gasteiger partial charge in [0.15, 0.2) is 11.5 Å². The first kappa shape index (κ1) is 15.7. The summed E-state index contributed by atoms with van der Waals surface area (Å²) < 4.78 is 16.6. The number of para-hydroxylation sites is 2. The maximum Gasteiger partial charge on any atom is 0.335 e. The molecule has 0 saturated carbocycles. The van der Waals surface area contributed by atoms with Crippen LogP contribution >= 0.6 is 0 Å². The lowest BCUT2D eigenvalue weighted by molar-refractivity contribution is 0.0697. The van der Waals surface area contributed by atoms with E-state index in [1.54, 1.807) is 12.1 Å². The molecule has 0 fully saturated rings. The van der Waals surface area contributed by atoms with Crippen molar-refractivity contribution in [3.8, 4) is 17.2 Å². The number of carboxylic acids is 1. The molecule has 0 aliphatic carbocycles. The van der Waals surface area contributed by atoms with Crippen LogP contribution in [0.2, 0.25) is 0 Å². The van der Waals surface area contributed by atoms with Gasteiger partial charge in [-0.05, 0) is 43.3 Å². The van der Waals surface area contributed by atoms with Gasteiger partial charge in [0.1, 0.15) is 19.0 Å². The van der Waals surface area contributed by atoms with Crippen molar-refractivity contribution in [1.29, 1.82) is 0 Å². The SMILES string of the molecule is CCOc1ccccc1OCCOc1ccc(C(=O)O)cc1. The molecule has 0 atom stereocenters. The van der Waals surface area contributed by atoms with Crippen LogP contribution in [-0.4, -0.2) is 30.9 Å². The van der Waals surface area contributed by atoms with Gasteiger partial charge in [0, 0.05) is 0 Å². The highest BCUT2D eigenvalue weighted by atomic mass is 16.5. The summed E-state index contributed by atoms with van der Waals surface area (Å²) in [6, 6.07) is 13.7. The molecule has 2 aromatic carbocycles. The molecule has 0 radical (unpaired) electrons. The second-order valence-corrected chi connectivity index (χ2v) is 4.41. The van der Waals surface area contributed by atoms with E-state index in [1.807, 2.05) is 31.2 Å². The van der Waals surface area contributed by atoms with E-state index in [9.17, 15) is 4.79 Å². The van der Waals surface area contributed by atoms with Crippen LogP contribution < -0.4 is 14.2 Å². The molecule has 0 unspecified atom stereocenters. The Morgan fingerprint density at radius 2 is 1.50 bits per heavy atom. The van der Waals surface area contributed by atoms with E-state index in [4.69, 9.17) is 19.3 Å². The summed E-state index contributed by atoms with van der Waals surface area (Å²) in [5.41, 5.74) is 0.231. The van der Waals surface area contributed by atoms with E-state index >= 15 is 0 Å². The average Bonchev–Trinajstić information content (AvgIpc) is 2.53. The first-order valence-corrected chi connectivity index (χ1v) is 7.01. The fourth-order valence-corrected chi connectivity index (χ4v) is 1.85. The Morgan fingerprint density at radius 1 is 0.909 bits per heavy atom. The maximum atomic E-state index is 10.7. The highest BCUT2D eigenvalue weighted by Crippen LogP contribution is 2.26. The van der Waals surface area contributed by atoms with E-state index in [1.165, 1.54) is 12.1 Å². The Bertz CT molecular complexity index is 607. The van der Waals surface area contributed by atoms with Crippen LogP contribution in [-0.2, 0) is 0 Å². The van der Waals surface area contributed by atoms with Gasteiger partial charge in [-0.2, -0.15) is 0 Å². The van der Waals surface area contributed by atoms with Gasteiger partial charge in [-0.3, -0.25) is 0 Å². The van der Waals surface area contributed by atoms with Crippen molar-refractivity contribution in [3.05, 3.63) is 54.1 Å². The standard InChI is InChI=1S/C17H18O5/c1-2-20-15-5-3-4-6-16(15)22-12-11-21-14-9-7-13(8-10-14)17(18)19/h3-10H,2,11-12H2,1H3,(H,18,19). The van der Waals surface area contributed by atoms with Gasteiger partial charge in [0.25, 0.3) is 0 Å².